The van der Waals surface area contributed by atoms with Crippen molar-refractivity contribution < 1.29 is 24.2 Å². The summed E-state index contributed by atoms with van der Waals surface area (Å²) in [4.78, 5) is 21.6. The first-order valence-electron chi connectivity index (χ1n) is 10.5. The van der Waals surface area contributed by atoms with E-state index in [2.05, 4.69) is 10.1 Å². The van der Waals surface area contributed by atoms with Crippen molar-refractivity contribution in [3.63, 3.8) is 0 Å². The van der Waals surface area contributed by atoms with Gasteiger partial charge in [-0.2, -0.15) is 0 Å². The highest BCUT2D eigenvalue weighted by atomic mass is 16.7. The lowest BCUT2D eigenvalue weighted by atomic mass is 9.88. The minimum atomic E-state index is -0.963. The second-order valence-corrected chi connectivity index (χ2v) is 8.05. The summed E-state index contributed by atoms with van der Waals surface area (Å²) in [5, 5.41) is 15.0. The third-order valence-electron chi connectivity index (χ3n) is 5.50. The Morgan fingerprint density at radius 1 is 1.22 bits per heavy atom. The van der Waals surface area contributed by atoms with Gasteiger partial charge in [-0.15, -0.1) is 0 Å². The summed E-state index contributed by atoms with van der Waals surface area (Å²) < 4.78 is 11.3. The first-order valence-corrected chi connectivity index (χ1v) is 10.5. The molecule has 0 saturated heterocycles. The van der Waals surface area contributed by atoms with Gasteiger partial charge in [0.2, 0.25) is 5.60 Å². The van der Waals surface area contributed by atoms with Gasteiger partial charge >= 0.3 is 5.97 Å². The van der Waals surface area contributed by atoms with Gasteiger partial charge in [0.15, 0.2) is 0 Å². The van der Waals surface area contributed by atoms with Crippen LogP contribution in [0.5, 0.6) is 5.75 Å². The number of aryl methyl sites for hydroxylation is 1. The number of benzene rings is 2. The maximum atomic E-state index is 11.4. The highest BCUT2D eigenvalue weighted by molar-refractivity contribution is 5.90. The Kier molecular flexibility index (Phi) is 6.10. The van der Waals surface area contributed by atoms with Crippen molar-refractivity contribution in [1.82, 2.24) is 4.98 Å². The van der Waals surface area contributed by atoms with Gasteiger partial charge in [0.05, 0.1) is 17.3 Å². The molecule has 1 aliphatic heterocycles. The number of fused-ring (bicyclic) bond motifs is 1. The number of para-hydroxylation sites is 1. The maximum Gasteiger partial charge on any atom is 0.302 e. The first-order chi connectivity index (χ1) is 15.4. The summed E-state index contributed by atoms with van der Waals surface area (Å²) in [5.41, 5.74) is 3.29. The number of oxime groups is 1. The van der Waals surface area contributed by atoms with E-state index in [0.717, 1.165) is 27.7 Å². The molecule has 7 nitrogen and oxygen atoms in total. The van der Waals surface area contributed by atoms with Crippen molar-refractivity contribution in [3.05, 3.63) is 71.4 Å². The number of esters is 1. The highest BCUT2D eigenvalue weighted by Gasteiger charge is 2.43. The number of aliphatic hydroxyl groups excluding tert-OH is 1. The lowest BCUT2D eigenvalue weighted by Gasteiger charge is -2.26. The van der Waals surface area contributed by atoms with Gasteiger partial charge in [-0.25, -0.2) is 0 Å². The average Bonchev–Trinajstić information content (AvgIpc) is 3.22. The summed E-state index contributed by atoms with van der Waals surface area (Å²) in [7, 11) is 0. The molecule has 2 heterocycles. The van der Waals surface area contributed by atoms with Gasteiger partial charge in [0.1, 0.15) is 19.0 Å². The average molecular weight is 434 g/mol. The molecular weight excluding hydrogens is 408 g/mol. The van der Waals surface area contributed by atoms with E-state index in [-0.39, 0.29) is 6.61 Å². The van der Waals surface area contributed by atoms with Crippen LogP contribution in [-0.4, -0.2) is 34.5 Å². The van der Waals surface area contributed by atoms with E-state index in [1.807, 2.05) is 61.5 Å². The molecule has 1 N–H and O–H groups in total. The molecule has 1 aromatic heterocycles. The van der Waals surface area contributed by atoms with Crippen molar-refractivity contribution in [3.8, 4) is 5.75 Å². The van der Waals surface area contributed by atoms with Crippen LogP contribution in [0.1, 0.15) is 37.1 Å². The number of rotatable bonds is 7. The fourth-order valence-corrected chi connectivity index (χ4v) is 3.79. The zero-order valence-electron chi connectivity index (χ0n) is 18.4. The summed E-state index contributed by atoms with van der Waals surface area (Å²) in [6.45, 7) is 5.36. The van der Waals surface area contributed by atoms with Crippen LogP contribution in [0.15, 0.2) is 59.8 Å². The molecule has 1 aliphatic rings. The van der Waals surface area contributed by atoms with E-state index in [0.29, 0.717) is 24.5 Å². The molecule has 2 aromatic carbocycles. The molecular formula is C25H26N2O5. The standard InChI is InChI=1S/C25H26N2O5/c1-16-12-19(22-6-4-5-7-23(22)26-16)14-30-21-10-8-20(9-11-21)25(15-31-18(3)29)13-24(17(2)28)27-32-25/h4-12,17,28H,13-15H2,1-3H3. The highest BCUT2D eigenvalue weighted by Crippen LogP contribution is 2.37. The molecule has 0 bridgehead atoms. The van der Waals surface area contributed by atoms with Crippen LogP contribution >= 0.6 is 0 Å². The van der Waals surface area contributed by atoms with Gasteiger partial charge in [0, 0.05) is 35.6 Å². The predicted octanol–water partition coefficient (Wildman–Crippen LogP) is 4.04. The molecule has 0 radical (unpaired) electrons. The van der Waals surface area contributed by atoms with E-state index in [1.54, 1.807) is 6.92 Å². The van der Waals surface area contributed by atoms with E-state index in [9.17, 15) is 9.90 Å². The lowest BCUT2D eigenvalue weighted by Crippen LogP contribution is -2.34. The first kappa shape index (κ1) is 21.8. The topological polar surface area (TPSA) is 90.2 Å². The molecule has 0 aliphatic carbocycles. The van der Waals surface area contributed by atoms with Crippen LogP contribution < -0.4 is 4.74 Å². The number of hydrogen-bond acceptors (Lipinski definition) is 7. The van der Waals surface area contributed by atoms with Crippen LogP contribution in [0.3, 0.4) is 0 Å². The van der Waals surface area contributed by atoms with Gasteiger partial charge in [-0.05, 0) is 38.1 Å². The quantitative estimate of drug-likeness (QED) is 0.565. The van der Waals surface area contributed by atoms with Crippen molar-refractivity contribution in [2.75, 3.05) is 6.61 Å². The van der Waals surface area contributed by atoms with Crippen LogP contribution in [0.25, 0.3) is 10.9 Å². The van der Waals surface area contributed by atoms with E-state index >= 15 is 0 Å². The van der Waals surface area contributed by atoms with Crippen molar-refractivity contribution >= 4 is 22.6 Å². The summed E-state index contributed by atoms with van der Waals surface area (Å²) >= 11 is 0. The van der Waals surface area contributed by atoms with E-state index < -0.39 is 17.7 Å². The Bertz CT molecular complexity index is 1160. The zero-order valence-corrected chi connectivity index (χ0v) is 18.4. The molecule has 2 atom stereocenters. The number of ether oxygens (including phenoxy) is 2. The van der Waals surface area contributed by atoms with Gasteiger partial charge in [-0.1, -0.05) is 35.5 Å². The van der Waals surface area contributed by atoms with Crippen molar-refractivity contribution in [1.29, 1.82) is 0 Å². The number of hydrogen-bond donors (Lipinski definition) is 1. The van der Waals surface area contributed by atoms with Crippen LogP contribution in [-0.2, 0) is 26.6 Å². The third kappa shape index (κ3) is 4.57. The Labute approximate surface area is 186 Å². The molecule has 0 fully saturated rings. The number of nitrogens with zero attached hydrogens (tertiary/aromatic N) is 2. The number of aliphatic hydroxyl groups is 1. The third-order valence-corrected chi connectivity index (χ3v) is 5.50. The fourth-order valence-electron chi connectivity index (χ4n) is 3.79. The van der Waals surface area contributed by atoms with Crippen molar-refractivity contribution in [2.45, 2.75) is 45.5 Å². The molecule has 0 amide bonds. The normalized spacial score (nSPS) is 18.7. The number of aromatic nitrogens is 1. The van der Waals surface area contributed by atoms with Crippen molar-refractivity contribution in [2.24, 2.45) is 5.16 Å². The SMILES string of the molecule is CC(=O)OCC1(c2ccc(OCc3cc(C)nc4ccccc34)cc2)CC(C(C)O)=NO1. The van der Waals surface area contributed by atoms with Gasteiger partial charge < -0.3 is 19.4 Å². The zero-order chi connectivity index (χ0) is 22.7. The number of carbonyl (C=O) groups is 1. The Balaban J connectivity index is 1.51. The summed E-state index contributed by atoms with van der Waals surface area (Å²) in [6, 6.07) is 17.5. The molecule has 3 aromatic rings. The molecule has 2 unspecified atom stereocenters. The largest absolute Gasteiger partial charge is 0.489 e. The Morgan fingerprint density at radius 3 is 2.66 bits per heavy atom. The second kappa shape index (κ2) is 8.96. The molecule has 4 rings (SSSR count). The van der Waals surface area contributed by atoms with E-state index in [4.69, 9.17) is 14.3 Å². The maximum absolute atomic E-state index is 11.4. The predicted molar refractivity (Wildman–Crippen MR) is 120 cm³/mol. The Hall–Kier alpha value is -3.45. The molecule has 166 valence electrons. The second-order valence-electron chi connectivity index (χ2n) is 8.05. The summed E-state index contributed by atoms with van der Waals surface area (Å²) in [5.74, 6) is 0.294. The van der Waals surface area contributed by atoms with Crippen LogP contribution in [0.4, 0.5) is 0 Å². The molecule has 7 heteroatoms. The van der Waals surface area contributed by atoms with E-state index in [1.165, 1.54) is 6.92 Å². The molecule has 0 saturated carbocycles. The Morgan fingerprint density at radius 2 is 1.97 bits per heavy atom. The van der Waals surface area contributed by atoms with Crippen LogP contribution in [0.2, 0.25) is 0 Å². The monoisotopic (exact) mass is 434 g/mol. The summed E-state index contributed by atoms with van der Waals surface area (Å²) in [6.07, 6.45) is -0.407. The minimum absolute atomic E-state index is 0.00450. The van der Waals surface area contributed by atoms with Gasteiger partial charge in [-0.3, -0.25) is 9.78 Å². The molecule has 32 heavy (non-hydrogen) atoms. The minimum Gasteiger partial charge on any atom is -0.489 e. The fraction of sp³-hybridized carbons (Fsp3) is 0.320. The number of carbonyl (C=O) groups excluding carboxylic acids is 1. The van der Waals surface area contributed by atoms with Crippen LogP contribution in [0, 0.1) is 6.92 Å². The molecule has 0 spiro atoms. The smallest absolute Gasteiger partial charge is 0.302 e. The number of pyridine rings is 1. The lowest BCUT2D eigenvalue weighted by molar-refractivity contribution is -0.152. The van der Waals surface area contributed by atoms with Gasteiger partial charge in [0.25, 0.3) is 0 Å².